The maximum absolute atomic E-state index is 12.3. The zero-order chi connectivity index (χ0) is 18.5. The third kappa shape index (κ3) is 4.54. The lowest BCUT2D eigenvalue weighted by Crippen LogP contribution is -2.32. The van der Waals surface area contributed by atoms with Gasteiger partial charge in [-0.05, 0) is 49.9 Å². The molecule has 2 saturated heterocycles. The standard InChI is InChI=1S/C20H25N5O2/c26-20(21-13-17-4-3-11-27-17)18-12-19(23-14-22-18)24-15-5-7-16(8-6-15)25-9-1-2-10-25/h5-8,12,14,17H,1-4,9-11,13H2,(H,21,26)(H,22,23,24). The van der Waals surface area contributed by atoms with Crippen molar-refractivity contribution in [3.63, 3.8) is 0 Å². The molecule has 1 aromatic heterocycles. The average Bonchev–Trinajstić information content (AvgIpc) is 3.41. The molecule has 7 heteroatoms. The predicted octanol–water partition coefficient (Wildman–Crippen LogP) is 2.73. The summed E-state index contributed by atoms with van der Waals surface area (Å²) in [5.74, 6) is 0.390. The number of amides is 1. The maximum atomic E-state index is 12.3. The molecule has 1 atom stereocenters. The van der Waals surface area contributed by atoms with Crippen molar-refractivity contribution >= 4 is 23.1 Å². The number of aromatic nitrogens is 2. The molecule has 4 rings (SSSR count). The van der Waals surface area contributed by atoms with Gasteiger partial charge in [-0.25, -0.2) is 9.97 Å². The topological polar surface area (TPSA) is 79.4 Å². The number of carbonyl (C=O) groups is 1. The van der Waals surface area contributed by atoms with Gasteiger partial charge in [0, 0.05) is 43.7 Å². The SMILES string of the molecule is O=C(NCC1CCCO1)c1cc(Nc2ccc(N3CCCC3)cc2)ncn1. The minimum Gasteiger partial charge on any atom is -0.376 e. The van der Waals surface area contributed by atoms with Crippen LogP contribution in [0.15, 0.2) is 36.7 Å². The molecule has 3 heterocycles. The van der Waals surface area contributed by atoms with Gasteiger partial charge in [-0.2, -0.15) is 0 Å². The fourth-order valence-corrected chi connectivity index (χ4v) is 3.53. The van der Waals surface area contributed by atoms with Crippen LogP contribution in [0.5, 0.6) is 0 Å². The van der Waals surface area contributed by atoms with E-state index in [2.05, 4.69) is 37.6 Å². The summed E-state index contributed by atoms with van der Waals surface area (Å²) >= 11 is 0. The van der Waals surface area contributed by atoms with E-state index < -0.39 is 0 Å². The van der Waals surface area contributed by atoms with Crippen LogP contribution in [0.3, 0.4) is 0 Å². The lowest BCUT2D eigenvalue weighted by atomic mass is 10.2. The molecule has 2 aliphatic heterocycles. The Morgan fingerprint density at radius 2 is 1.96 bits per heavy atom. The normalized spacial score (nSPS) is 19.3. The molecule has 1 amide bonds. The largest absolute Gasteiger partial charge is 0.376 e. The highest BCUT2D eigenvalue weighted by Gasteiger charge is 2.17. The van der Waals surface area contributed by atoms with Crippen LogP contribution in [-0.2, 0) is 4.74 Å². The van der Waals surface area contributed by atoms with Crippen molar-refractivity contribution in [2.45, 2.75) is 31.8 Å². The average molecular weight is 367 g/mol. The Hall–Kier alpha value is -2.67. The van der Waals surface area contributed by atoms with Gasteiger partial charge in [-0.1, -0.05) is 0 Å². The van der Waals surface area contributed by atoms with Gasteiger partial charge in [0.1, 0.15) is 17.8 Å². The second-order valence-electron chi connectivity index (χ2n) is 7.00. The number of nitrogens with zero attached hydrogens (tertiary/aromatic N) is 3. The molecule has 2 fully saturated rings. The van der Waals surface area contributed by atoms with Crippen molar-refractivity contribution in [3.05, 3.63) is 42.4 Å². The Morgan fingerprint density at radius 1 is 1.15 bits per heavy atom. The summed E-state index contributed by atoms with van der Waals surface area (Å²) in [4.78, 5) is 23.0. The first-order valence-corrected chi connectivity index (χ1v) is 9.62. The van der Waals surface area contributed by atoms with Crippen LogP contribution in [0.25, 0.3) is 0 Å². The van der Waals surface area contributed by atoms with Gasteiger partial charge in [0.15, 0.2) is 0 Å². The minimum absolute atomic E-state index is 0.113. The second kappa shape index (κ2) is 8.35. The summed E-state index contributed by atoms with van der Waals surface area (Å²) in [6, 6.07) is 9.97. The molecular formula is C20H25N5O2. The van der Waals surface area contributed by atoms with Crippen molar-refractivity contribution in [2.24, 2.45) is 0 Å². The van der Waals surface area contributed by atoms with Gasteiger partial charge in [-0.3, -0.25) is 4.79 Å². The van der Waals surface area contributed by atoms with Crippen LogP contribution in [0.2, 0.25) is 0 Å². The Bertz CT molecular complexity index is 768. The summed E-state index contributed by atoms with van der Waals surface area (Å²) in [5.41, 5.74) is 2.52. The van der Waals surface area contributed by atoms with Gasteiger partial charge in [0.05, 0.1) is 6.10 Å². The highest BCUT2D eigenvalue weighted by molar-refractivity contribution is 5.93. The third-order valence-corrected chi connectivity index (χ3v) is 5.02. The zero-order valence-corrected chi connectivity index (χ0v) is 15.4. The molecule has 0 spiro atoms. The Balaban J connectivity index is 1.36. The van der Waals surface area contributed by atoms with Crippen molar-refractivity contribution in [3.8, 4) is 0 Å². The monoisotopic (exact) mass is 367 g/mol. The predicted molar refractivity (Wildman–Crippen MR) is 105 cm³/mol. The van der Waals surface area contributed by atoms with Crippen molar-refractivity contribution in [1.82, 2.24) is 15.3 Å². The number of ether oxygens (including phenoxy) is 1. The smallest absolute Gasteiger partial charge is 0.270 e. The fraction of sp³-hybridized carbons (Fsp3) is 0.450. The first-order valence-electron chi connectivity index (χ1n) is 9.62. The third-order valence-electron chi connectivity index (χ3n) is 5.02. The van der Waals surface area contributed by atoms with Crippen LogP contribution in [0, 0.1) is 0 Å². The van der Waals surface area contributed by atoms with E-state index in [4.69, 9.17) is 4.74 Å². The van der Waals surface area contributed by atoms with Gasteiger partial charge in [-0.15, -0.1) is 0 Å². The molecule has 0 aliphatic carbocycles. The summed E-state index contributed by atoms with van der Waals surface area (Å²) in [6.07, 6.45) is 6.09. The van der Waals surface area contributed by atoms with Crippen molar-refractivity contribution in [2.75, 3.05) is 36.5 Å². The Kier molecular flexibility index (Phi) is 5.48. The van der Waals surface area contributed by atoms with Crippen LogP contribution >= 0.6 is 0 Å². The minimum atomic E-state index is -0.208. The summed E-state index contributed by atoms with van der Waals surface area (Å²) in [5, 5.41) is 6.12. The molecule has 142 valence electrons. The van der Waals surface area contributed by atoms with E-state index in [0.29, 0.717) is 18.1 Å². The lowest BCUT2D eigenvalue weighted by Gasteiger charge is -2.18. The fourth-order valence-electron chi connectivity index (χ4n) is 3.53. The lowest BCUT2D eigenvalue weighted by molar-refractivity contribution is 0.0853. The highest BCUT2D eigenvalue weighted by atomic mass is 16.5. The molecule has 2 N–H and O–H groups in total. The quantitative estimate of drug-likeness (QED) is 0.817. The first-order chi connectivity index (χ1) is 13.3. The van der Waals surface area contributed by atoms with Crippen LogP contribution in [0.1, 0.15) is 36.2 Å². The van der Waals surface area contributed by atoms with Gasteiger partial charge < -0.3 is 20.3 Å². The second-order valence-corrected chi connectivity index (χ2v) is 7.00. The van der Waals surface area contributed by atoms with E-state index in [1.165, 1.54) is 24.9 Å². The van der Waals surface area contributed by atoms with E-state index in [1.807, 2.05) is 12.1 Å². The van der Waals surface area contributed by atoms with Crippen molar-refractivity contribution < 1.29 is 9.53 Å². The van der Waals surface area contributed by atoms with Gasteiger partial charge in [0.2, 0.25) is 0 Å². The van der Waals surface area contributed by atoms with E-state index in [-0.39, 0.29) is 12.0 Å². The van der Waals surface area contributed by atoms with E-state index in [1.54, 1.807) is 6.07 Å². The van der Waals surface area contributed by atoms with Gasteiger partial charge in [0.25, 0.3) is 5.91 Å². The Morgan fingerprint density at radius 3 is 2.70 bits per heavy atom. The summed E-state index contributed by atoms with van der Waals surface area (Å²) in [6.45, 7) is 3.55. The van der Waals surface area contributed by atoms with Crippen LogP contribution in [-0.4, -0.2) is 48.2 Å². The number of benzene rings is 1. The molecule has 0 saturated carbocycles. The molecule has 7 nitrogen and oxygen atoms in total. The van der Waals surface area contributed by atoms with E-state index in [0.717, 1.165) is 38.2 Å². The maximum Gasteiger partial charge on any atom is 0.270 e. The number of nitrogens with one attached hydrogen (secondary N) is 2. The molecule has 0 radical (unpaired) electrons. The van der Waals surface area contributed by atoms with Crippen LogP contribution < -0.4 is 15.5 Å². The number of rotatable bonds is 6. The molecule has 1 unspecified atom stereocenters. The molecule has 27 heavy (non-hydrogen) atoms. The van der Waals surface area contributed by atoms with Crippen LogP contribution in [0.4, 0.5) is 17.2 Å². The molecule has 2 aliphatic rings. The van der Waals surface area contributed by atoms with E-state index >= 15 is 0 Å². The van der Waals surface area contributed by atoms with Gasteiger partial charge >= 0.3 is 0 Å². The van der Waals surface area contributed by atoms with E-state index in [9.17, 15) is 4.79 Å². The Labute approximate surface area is 159 Å². The first kappa shape index (κ1) is 17.7. The molecule has 0 bridgehead atoms. The summed E-state index contributed by atoms with van der Waals surface area (Å²) in [7, 11) is 0. The van der Waals surface area contributed by atoms with Crippen molar-refractivity contribution in [1.29, 1.82) is 0 Å². The number of hydrogen-bond acceptors (Lipinski definition) is 6. The number of carbonyl (C=O) groups excluding carboxylic acids is 1. The zero-order valence-electron chi connectivity index (χ0n) is 15.4. The summed E-state index contributed by atoms with van der Waals surface area (Å²) < 4.78 is 5.53. The number of hydrogen-bond donors (Lipinski definition) is 2. The molecular weight excluding hydrogens is 342 g/mol. The highest BCUT2D eigenvalue weighted by Crippen LogP contribution is 2.23. The molecule has 2 aromatic rings. The molecule has 1 aromatic carbocycles. The number of anilines is 3.